The van der Waals surface area contributed by atoms with E-state index in [1.807, 2.05) is 18.5 Å². The third-order valence-corrected chi connectivity index (χ3v) is 3.58. The monoisotopic (exact) mass is 280 g/mol. The molecule has 1 fully saturated rings. The van der Waals surface area contributed by atoms with Gasteiger partial charge in [-0.1, -0.05) is 6.07 Å². The number of nitriles is 1. The first kappa shape index (κ1) is 13.4. The van der Waals surface area contributed by atoms with Crippen LogP contribution in [0, 0.1) is 11.3 Å². The Labute approximate surface area is 123 Å². The minimum absolute atomic E-state index is 0.153. The van der Waals surface area contributed by atoms with Gasteiger partial charge in [-0.15, -0.1) is 0 Å². The minimum Gasteiger partial charge on any atom is -0.350 e. The Balaban J connectivity index is 1.56. The zero-order valence-corrected chi connectivity index (χ0v) is 11.6. The van der Waals surface area contributed by atoms with Crippen molar-refractivity contribution in [1.82, 2.24) is 14.9 Å². The van der Waals surface area contributed by atoms with E-state index < -0.39 is 0 Å². The summed E-state index contributed by atoms with van der Waals surface area (Å²) in [6.07, 6.45) is 6.19. The molecule has 5 nitrogen and oxygen atoms in total. The van der Waals surface area contributed by atoms with Gasteiger partial charge in [0, 0.05) is 37.0 Å². The zero-order valence-electron chi connectivity index (χ0n) is 11.6. The minimum atomic E-state index is -0.153. The average Bonchev–Trinajstić information content (AvgIpc) is 3.26. The zero-order chi connectivity index (χ0) is 14.7. The second-order valence-corrected chi connectivity index (χ2v) is 5.20. The van der Waals surface area contributed by atoms with Crippen molar-refractivity contribution in [3.63, 3.8) is 0 Å². The number of nitrogens with one attached hydrogen (secondary N) is 1. The number of amides is 1. The van der Waals surface area contributed by atoms with Crippen molar-refractivity contribution in [3.05, 3.63) is 53.6 Å². The van der Waals surface area contributed by atoms with Gasteiger partial charge in [0.25, 0.3) is 5.91 Å². The van der Waals surface area contributed by atoms with Crippen molar-refractivity contribution in [1.29, 1.82) is 5.26 Å². The van der Waals surface area contributed by atoms with Gasteiger partial charge < -0.3 is 9.88 Å². The first-order chi connectivity index (χ1) is 10.3. The van der Waals surface area contributed by atoms with Gasteiger partial charge in [0.2, 0.25) is 0 Å². The maximum absolute atomic E-state index is 12.0. The van der Waals surface area contributed by atoms with Crippen LogP contribution >= 0.6 is 0 Å². The Bertz CT molecular complexity index is 694. The maximum atomic E-state index is 12.0. The lowest BCUT2D eigenvalue weighted by Crippen LogP contribution is -2.27. The van der Waals surface area contributed by atoms with Gasteiger partial charge in [0.1, 0.15) is 5.82 Å². The lowest BCUT2D eigenvalue weighted by molar-refractivity contribution is 0.0952. The molecule has 1 saturated carbocycles. The molecular weight excluding hydrogens is 264 g/mol. The summed E-state index contributed by atoms with van der Waals surface area (Å²) in [7, 11) is 0. The molecule has 106 valence electrons. The van der Waals surface area contributed by atoms with Crippen LogP contribution in [0.25, 0.3) is 0 Å². The third kappa shape index (κ3) is 3.11. The second kappa shape index (κ2) is 5.80. The number of carbonyl (C=O) groups is 1. The van der Waals surface area contributed by atoms with Gasteiger partial charge in [0.15, 0.2) is 0 Å². The number of imidazole rings is 1. The second-order valence-electron chi connectivity index (χ2n) is 5.20. The molecule has 0 unspecified atom stereocenters. The first-order valence-electron chi connectivity index (χ1n) is 7.07. The summed E-state index contributed by atoms with van der Waals surface area (Å²) in [5.41, 5.74) is 1.01. The molecule has 1 aliphatic carbocycles. The van der Waals surface area contributed by atoms with Crippen LogP contribution in [0.1, 0.15) is 40.5 Å². The summed E-state index contributed by atoms with van der Waals surface area (Å²) >= 11 is 0. The topological polar surface area (TPSA) is 70.7 Å². The average molecular weight is 280 g/mol. The molecule has 0 aliphatic heterocycles. The van der Waals surface area contributed by atoms with E-state index >= 15 is 0 Å². The van der Waals surface area contributed by atoms with E-state index in [2.05, 4.69) is 14.9 Å². The molecule has 0 radical (unpaired) electrons. The highest BCUT2D eigenvalue weighted by molar-refractivity contribution is 5.94. The standard InChI is InChI=1S/C16H16N4O/c17-11-12-2-1-3-14(10-12)16(21)19-7-9-20-8-6-18-15(20)13-4-5-13/h1-3,6,8,10,13H,4-5,7,9H2,(H,19,21). The van der Waals surface area contributed by atoms with Crippen molar-refractivity contribution < 1.29 is 4.79 Å². The highest BCUT2D eigenvalue weighted by Crippen LogP contribution is 2.38. The molecule has 1 aromatic carbocycles. The molecule has 1 N–H and O–H groups in total. The smallest absolute Gasteiger partial charge is 0.251 e. The predicted molar refractivity (Wildman–Crippen MR) is 77.7 cm³/mol. The van der Waals surface area contributed by atoms with E-state index in [0.29, 0.717) is 23.6 Å². The fourth-order valence-electron chi connectivity index (χ4n) is 2.33. The molecule has 3 rings (SSSR count). The van der Waals surface area contributed by atoms with E-state index in [1.165, 1.54) is 12.8 Å². The van der Waals surface area contributed by atoms with Crippen molar-refractivity contribution in [2.24, 2.45) is 0 Å². The Morgan fingerprint density at radius 3 is 3.10 bits per heavy atom. The van der Waals surface area contributed by atoms with Gasteiger partial charge in [-0.2, -0.15) is 5.26 Å². The van der Waals surface area contributed by atoms with Crippen LogP contribution in [0.2, 0.25) is 0 Å². The molecule has 0 spiro atoms. The lowest BCUT2D eigenvalue weighted by atomic mass is 10.1. The van der Waals surface area contributed by atoms with Crippen molar-refractivity contribution in [2.75, 3.05) is 6.54 Å². The van der Waals surface area contributed by atoms with Gasteiger partial charge in [-0.25, -0.2) is 4.98 Å². The number of benzene rings is 1. The van der Waals surface area contributed by atoms with Gasteiger partial charge in [-0.3, -0.25) is 4.79 Å². The Morgan fingerprint density at radius 2 is 2.33 bits per heavy atom. The number of hydrogen-bond acceptors (Lipinski definition) is 3. The van der Waals surface area contributed by atoms with E-state index in [9.17, 15) is 4.79 Å². The fourth-order valence-corrected chi connectivity index (χ4v) is 2.33. The summed E-state index contributed by atoms with van der Waals surface area (Å²) in [5.74, 6) is 1.57. The van der Waals surface area contributed by atoms with Crippen LogP contribution < -0.4 is 5.32 Å². The predicted octanol–water partition coefficient (Wildman–Crippen LogP) is 2.06. The molecule has 2 aromatic rings. The quantitative estimate of drug-likeness (QED) is 0.911. The number of nitrogens with zero attached hydrogens (tertiary/aromatic N) is 3. The molecule has 0 atom stereocenters. The highest BCUT2D eigenvalue weighted by Gasteiger charge is 2.27. The van der Waals surface area contributed by atoms with Crippen molar-refractivity contribution >= 4 is 5.91 Å². The molecular formula is C16H16N4O. The van der Waals surface area contributed by atoms with Crippen LogP contribution in [-0.4, -0.2) is 22.0 Å². The van der Waals surface area contributed by atoms with Crippen molar-refractivity contribution in [2.45, 2.75) is 25.3 Å². The van der Waals surface area contributed by atoms with Gasteiger partial charge in [-0.05, 0) is 31.0 Å². The van der Waals surface area contributed by atoms with Crippen LogP contribution in [0.4, 0.5) is 0 Å². The summed E-state index contributed by atoms with van der Waals surface area (Å²) in [5, 5.41) is 11.7. The van der Waals surface area contributed by atoms with Gasteiger partial charge >= 0.3 is 0 Å². The fraction of sp³-hybridized carbons (Fsp3) is 0.312. The van der Waals surface area contributed by atoms with E-state index in [-0.39, 0.29) is 5.91 Å². The molecule has 1 aromatic heterocycles. The van der Waals surface area contributed by atoms with Crippen LogP contribution in [0.15, 0.2) is 36.7 Å². The third-order valence-electron chi connectivity index (χ3n) is 3.58. The molecule has 0 saturated heterocycles. The Hall–Kier alpha value is -2.61. The molecule has 1 heterocycles. The normalized spacial score (nSPS) is 13.7. The molecule has 5 heteroatoms. The van der Waals surface area contributed by atoms with E-state index in [4.69, 9.17) is 5.26 Å². The van der Waals surface area contributed by atoms with Crippen LogP contribution in [0.5, 0.6) is 0 Å². The molecule has 21 heavy (non-hydrogen) atoms. The Kier molecular flexibility index (Phi) is 3.69. The lowest BCUT2D eigenvalue weighted by Gasteiger charge is -2.09. The largest absolute Gasteiger partial charge is 0.350 e. The highest BCUT2D eigenvalue weighted by atomic mass is 16.1. The van der Waals surface area contributed by atoms with Crippen LogP contribution in [-0.2, 0) is 6.54 Å². The van der Waals surface area contributed by atoms with Crippen molar-refractivity contribution in [3.8, 4) is 6.07 Å². The number of hydrogen-bond donors (Lipinski definition) is 1. The van der Waals surface area contributed by atoms with Gasteiger partial charge in [0.05, 0.1) is 11.6 Å². The SMILES string of the molecule is N#Cc1cccc(C(=O)NCCn2ccnc2C2CC2)c1. The first-order valence-corrected chi connectivity index (χ1v) is 7.07. The maximum Gasteiger partial charge on any atom is 0.251 e. The summed E-state index contributed by atoms with van der Waals surface area (Å²) < 4.78 is 2.10. The number of carbonyl (C=O) groups excluding carboxylic acids is 1. The number of rotatable bonds is 5. The summed E-state index contributed by atoms with van der Waals surface area (Å²) in [6.45, 7) is 1.27. The molecule has 0 bridgehead atoms. The van der Waals surface area contributed by atoms with Crippen LogP contribution in [0.3, 0.4) is 0 Å². The summed E-state index contributed by atoms with van der Waals surface area (Å²) in [6, 6.07) is 8.75. The molecule has 1 amide bonds. The summed E-state index contributed by atoms with van der Waals surface area (Å²) in [4.78, 5) is 16.4. The Morgan fingerprint density at radius 1 is 1.48 bits per heavy atom. The molecule has 1 aliphatic rings. The van der Waals surface area contributed by atoms with E-state index in [1.54, 1.807) is 24.3 Å². The number of aromatic nitrogens is 2. The van der Waals surface area contributed by atoms with E-state index in [0.717, 1.165) is 12.4 Å².